The minimum atomic E-state index is -2.43. The number of hydrogen-bond donors (Lipinski definition) is 2. The summed E-state index contributed by atoms with van der Waals surface area (Å²) in [4.78, 5) is 13.7. The molecule has 2 aliphatic rings. The molecule has 0 unspecified atom stereocenters. The third-order valence-corrected chi connectivity index (χ3v) is 6.42. The predicted molar refractivity (Wildman–Crippen MR) is 67.4 cm³/mol. The highest BCUT2D eigenvalue weighted by molar-refractivity contribution is 8.26. The van der Waals surface area contributed by atoms with Gasteiger partial charge in [0.25, 0.3) is 5.91 Å². The Labute approximate surface area is 102 Å². The summed E-state index contributed by atoms with van der Waals surface area (Å²) in [5, 5.41) is 0. The monoisotopic (exact) mass is 253 g/mol. The highest BCUT2D eigenvalue weighted by Crippen LogP contribution is 2.67. The molecule has 4 nitrogen and oxygen atoms in total. The maximum Gasteiger partial charge on any atom is 0.253 e. The predicted octanol–water partition coefficient (Wildman–Crippen LogP) is 2.04. The van der Waals surface area contributed by atoms with Gasteiger partial charge in [0, 0.05) is 24.4 Å². The summed E-state index contributed by atoms with van der Waals surface area (Å²) in [5.41, 5.74) is 0.665. The Morgan fingerprint density at radius 2 is 1.88 bits per heavy atom. The number of benzene rings is 1. The zero-order valence-corrected chi connectivity index (χ0v) is 10.2. The zero-order chi connectivity index (χ0) is 12.1. The maximum absolute atomic E-state index is 12.0. The summed E-state index contributed by atoms with van der Waals surface area (Å²) in [6, 6.07) is 9.11. The fraction of sp³-hybridized carbons (Fsp3) is 0.417. The van der Waals surface area contributed by atoms with Gasteiger partial charge in [-0.3, -0.25) is 13.9 Å². The van der Waals surface area contributed by atoms with Crippen molar-refractivity contribution in [2.75, 3.05) is 18.8 Å². The molecule has 1 amide bonds. The van der Waals surface area contributed by atoms with Crippen LogP contribution in [-0.4, -0.2) is 43.5 Å². The Bertz CT molecular complexity index is 454. The normalized spacial score (nSPS) is 25.9. The maximum atomic E-state index is 12.0. The molecule has 17 heavy (non-hydrogen) atoms. The van der Waals surface area contributed by atoms with Gasteiger partial charge in [-0.1, -0.05) is 18.2 Å². The molecule has 1 aromatic carbocycles. The standard InChI is InChI=1S/C12H15NO3S/c14-11(10-4-2-1-3-5-10)13-8-12(9-13)6-7-17(12,15)16/h1-5,15-16H,6-9H2. The van der Waals surface area contributed by atoms with E-state index in [1.54, 1.807) is 17.0 Å². The first-order valence-corrected chi connectivity index (χ1v) is 7.36. The van der Waals surface area contributed by atoms with Gasteiger partial charge >= 0.3 is 0 Å². The van der Waals surface area contributed by atoms with Gasteiger partial charge in [0.15, 0.2) is 0 Å². The van der Waals surface area contributed by atoms with Crippen molar-refractivity contribution in [2.24, 2.45) is 0 Å². The molecule has 2 N–H and O–H groups in total. The van der Waals surface area contributed by atoms with E-state index in [0.29, 0.717) is 24.4 Å². The van der Waals surface area contributed by atoms with Crippen LogP contribution >= 0.6 is 10.6 Å². The lowest BCUT2D eigenvalue weighted by atomic mass is 9.94. The van der Waals surface area contributed by atoms with Gasteiger partial charge < -0.3 is 4.90 Å². The lowest BCUT2D eigenvalue weighted by Gasteiger charge is -2.67. The average molecular weight is 253 g/mol. The smallest absolute Gasteiger partial charge is 0.253 e. The molecule has 2 fully saturated rings. The molecule has 1 spiro atoms. The second-order valence-corrected chi connectivity index (χ2v) is 7.44. The van der Waals surface area contributed by atoms with Crippen LogP contribution in [-0.2, 0) is 0 Å². The van der Waals surface area contributed by atoms with Gasteiger partial charge in [0.2, 0.25) is 0 Å². The van der Waals surface area contributed by atoms with Gasteiger partial charge in [-0.25, -0.2) is 0 Å². The van der Waals surface area contributed by atoms with Gasteiger partial charge in [0.1, 0.15) is 0 Å². The topological polar surface area (TPSA) is 60.8 Å². The van der Waals surface area contributed by atoms with Crippen LogP contribution in [0.3, 0.4) is 0 Å². The lowest BCUT2D eigenvalue weighted by Crippen LogP contribution is -2.70. The Morgan fingerprint density at radius 1 is 1.24 bits per heavy atom. The lowest BCUT2D eigenvalue weighted by molar-refractivity contribution is 0.0496. The van der Waals surface area contributed by atoms with Crippen molar-refractivity contribution >= 4 is 16.5 Å². The zero-order valence-electron chi connectivity index (χ0n) is 9.37. The molecule has 0 radical (unpaired) electrons. The van der Waals surface area contributed by atoms with Gasteiger partial charge in [0.05, 0.1) is 4.75 Å². The molecule has 0 bridgehead atoms. The van der Waals surface area contributed by atoms with Crippen LogP contribution in [0, 0.1) is 0 Å². The summed E-state index contributed by atoms with van der Waals surface area (Å²) >= 11 is 0. The molecule has 1 aromatic rings. The first kappa shape index (κ1) is 11.1. The third kappa shape index (κ3) is 1.50. The van der Waals surface area contributed by atoms with Crippen LogP contribution in [0.2, 0.25) is 0 Å². The van der Waals surface area contributed by atoms with Crippen LogP contribution < -0.4 is 0 Å². The molecule has 2 saturated heterocycles. The van der Waals surface area contributed by atoms with Crippen molar-refractivity contribution in [3.05, 3.63) is 35.9 Å². The number of nitrogens with zero attached hydrogens (tertiary/aromatic N) is 1. The summed E-state index contributed by atoms with van der Waals surface area (Å²) in [6.45, 7) is 0.978. The number of amides is 1. The van der Waals surface area contributed by atoms with Crippen molar-refractivity contribution in [3.8, 4) is 0 Å². The Kier molecular flexibility index (Phi) is 2.26. The van der Waals surface area contributed by atoms with Crippen molar-refractivity contribution in [2.45, 2.75) is 11.2 Å². The molecular formula is C12H15NO3S. The Morgan fingerprint density at radius 3 is 2.35 bits per heavy atom. The van der Waals surface area contributed by atoms with E-state index in [9.17, 15) is 13.9 Å². The van der Waals surface area contributed by atoms with E-state index in [1.165, 1.54) is 0 Å². The van der Waals surface area contributed by atoms with Crippen molar-refractivity contribution in [3.63, 3.8) is 0 Å². The third-order valence-electron chi connectivity index (χ3n) is 3.80. The largest absolute Gasteiger partial charge is 0.334 e. The van der Waals surface area contributed by atoms with Crippen LogP contribution in [0.25, 0.3) is 0 Å². The Balaban J connectivity index is 1.69. The summed E-state index contributed by atoms with van der Waals surface area (Å²) < 4.78 is 19.1. The quantitative estimate of drug-likeness (QED) is 0.805. The van der Waals surface area contributed by atoms with E-state index in [2.05, 4.69) is 0 Å². The molecule has 2 aliphatic heterocycles. The van der Waals surface area contributed by atoms with Crippen LogP contribution in [0.4, 0.5) is 0 Å². The summed E-state index contributed by atoms with van der Waals surface area (Å²) in [6.07, 6.45) is 0.827. The van der Waals surface area contributed by atoms with E-state index in [0.717, 1.165) is 6.42 Å². The van der Waals surface area contributed by atoms with Crippen molar-refractivity contribution in [1.82, 2.24) is 4.90 Å². The minimum absolute atomic E-state index is 0.0154. The molecule has 0 atom stereocenters. The molecule has 0 aromatic heterocycles. The summed E-state index contributed by atoms with van der Waals surface area (Å²) in [5.74, 6) is 0.485. The van der Waals surface area contributed by atoms with Crippen molar-refractivity contribution in [1.29, 1.82) is 0 Å². The van der Waals surface area contributed by atoms with E-state index < -0.39 is 10.6 Å². The van der Waals surface area contributed by atoms with Crippen LogP contribution in [0.1, 0.15) is 16.8 Å². The number of carbonyl (C=O) groups excluding carboxylic acids is 1. The highest BCUT2D eigenvalue weighted by Gasteiger charge is 2.60. The fourth-order valence-electron chi connectivity index (χ4n) is 2.49. The van der Waals surface area contributed by atoms with Gasteiger partial charge in [-0.15, -0.1) is 0 Å². The van der Waals surface area contributed by atoms with Gasteiger partial charge in [-0.2, -0.15) is 10.6 Å². The first-order chi connectivity index (χ1) is 8.04. The molecule has 92 valence electrons. The van der Waals surface area contributed by atoms with Crippen LogP contribution in [0.5, 0.6) is 0 Å². The number of carbonyl (C=O) groups is 1. The van der Waals surface area contributed by atoms with E-state index >= 15 is 0 Å². The Hall–Kier alpha value is -1.04. The molecule has 0 aliphatic carbocycles. The van der Waals surface area contributed by atoms with E-state index in [-0.39, 0.29) is 10.7 Å². The van der Waals surface area contributed by atoms with Gasteiger partial charge in [-0.05, 0) is 18.6 Å². The minimum Gasteiger partial charge on any atom is -0.334 e. The average Bonchev–Trinajstić information content (AvgIpc) is 2.27. The van der Waals surface area contributed by atoms with E-state index in [4.69, 9.17) is 0 Å². The number of likely N-dealkylation sites (tertiary alicyclic amines) is 1. The van der Waals surface area contributed by atoms with Crippen molar-refractivity contribution < 1.29 is 13.9 Å². The SMILES string of the molecule is O=C(c1ccccc1)N1CC2(CCS2(O)O)C1. The number of hydrogen-bond acceptors (Lipinski definition) is 3. The molecule has 5 heteroatoms. The molecular weight excluding hydrogens is 238 g/mol. The highest BCUT2D eigenvalue weighted by atomic mass is 32.3. The first-order valence-electron chi connectivity index (χ1n) is 5.64. The second kappa shape index (κ2) is 3.48. The molecule has 3 rings (SSSR count). The van der Waals surface area contributed by atoms with E-state index in [1.807, 2.05) is 18.2 Å². The fourth-order valence-corrected chi connectivity index (χ4v) is 4.37. The number of rotatable bonds is 1. The van der Waals surface area contributed by atoms with Crippen LogP contribution in [0.15, 0.2) is 30.3 Å². The molecule has 0 saturated carbocycles. The summed E-state index contributed by atoms with van der Waals surface area (Å²) in [7, 11) is -2.43. The molecule has 2 heterocycles. The second-order valence-electron chi connectivity index (χ2n) is 4.83.